The predicted molar refractivity (Wildman–Crippen MR) is 149 cm³/mol. The number of fused-ring (bicyclic) bond motifs is 2. The number of hydrogen-bond donors (Lipinski definition) is 2. The molecule has 3 atom stereocenters. The topological polar surface area (TPSA) is 107 Å². The number of anilines is 1. The lowest BCUT2D eigenvalue weighted by molar-refractivity contribution is -0.146. The summed E-state index contributed by atoms with van der Waals surface area (Å²) in [6, 6.07) is 6.18. The molecular formula is C28H33N7O2S. The van der Waals surface area contributed by atoms with Crippen molar-refractivity contribution in [3.05, 3.63) is 47.4 Å². The summed E-state index contributed by atoms with van der Waals surface area (Å²) in [5.74, 6) is -0.487. The Balaban J connectivity index is 1.22. The second kappa shape index (κ2) is 10.4. The summed E-state index contributed by atoms with van der Waals surface area (Å²) in [7, 11) is 0. The van der Waals surface area contributed by atoms with Gasteiger partial charge in [-0.05, 0) is 62.4 Å². The zero-order valence-electron chi connectivity index (χ0n) is 21.8. The van der Waals surface area contributed by atoms with Crippen LogP contribution < -0.4 is 5.32 Å². The number of carbonyl (C=O) groups excluding carboxylic acids is 2. The first kappa shape index (κ1) is 24.9. The molecule has 2 aliphatic rings. The monoisotopic (exact) mass is 531 g/mol. The Morgan fingerprint density at radius 2 is 2.03 bits per heavy atom. The van der Waals surface area contributed by atoms with Crippen LogP contribution >= 0.6 is 11.3 Å². The van der Waals surface area contributed by atoms with E-state index in [1.807, 2.05) is 0 Å². The molecule has 2 aliphatic heterocycles. The summed E-state index contributed by atoms with van der Waals surface area (Å²) in [5, 5.41) is 11.6. The van der Waals surface area contributed by atoms with Crippen LogP contribution in [0.4, 0.5) is 5.69 Å². The van der Waals surface area contributed by atoms with Crippen molar-refractivity contribution in [2.75, 3.05) is 31.5 Å². The van der Waals surface area contributed by atoms with Gasteiger partial charge in [-0.3, -0.25) is 19.7 Å². The third-order valence-corrected chi connectivity index (χ3v) is 9.11. The molecule has 2 N–H and O–H groups in total. The standard InChI is InChI=1S/C28H33N7O2S/c1-17-5-7-23(35(15-17)28(37)26(36)31-22-14-29-12-20-13-30-33-25(20)22)19-6-8-24-21(11-19)32-27(38-24)18(2)16-34-9-3-4-10-34/h6,8,11-14,17-18,23H,3-5,7,9-10,15-16H2,1-2H3,(H,30,33)(H,31,36)/t17-,18-,23+/m0/s1. The van der Waals surface area contributed by atoms with Crippen LogP contribution in [0.1, 0.15) is 62.1 Å². The van der Waals surface area contributed by atoms with Gasteiger partial charge in [0.15, 0.2) is 0 Å². The van der Waals surface area contributed by atoms with Crippen LogP contribution in [0.5, 0.6) is 0 Å². The fourth-order valence-electron chi connectivity index (χ4n) is 5.80. The van der Waals surface area contributed by atoms with E-state index >= 15 is 0 Å². The van der Waals surface area contributed by atoms with Gasteiger partial charge in [-0.25, -0.2) is 4.98 Å². The lowest BCUT2D eigenvalue weighted by Crippen LogP contribution is -2.46. The van der Waals surface area contributed by atoms with E-state index in [0.29, 0.717) is 29.6 Å². The number of H-pyrrole nitrogens is 1. The van der Waals surface area contributed by atoms with Crippen molar-refractivity contribution in [1.82, 2.24) is 30.0 Å². The van der Waals surface area contributed by atoms with Crippen LogP contribution in [0.15, 0.2) is 36.8 Å². The van der Waals surface area contributed by atoms with Crippen molar-refractivity contribution in [2.24, 2.45) is 5.92 Å². The third-order valence-electron chi connectivity index (χ3n) is 7.84. The highest BCUT2D eigenvalue weighted by Gasteiger charge is 2.34. The van der Waals surface area contributed by atoms with Gasteiger partial charge in [0, 0.05) is 30.6 Å². The molecule has 2 amide bonds. The number of thiazole rings is 1. The van der Waals surface area contributed by atoms with Crippen LogP contribution in [0, 0.1) is 5.92 Å². The number of nitrogens with one attached hydrogen (secondary N) is 2. The molecule has 0 aliphatic carbocycles. The van der Waals surface area contributed by atoms with E-state index < -0.39 is 11.8 Å². The summed E-state index contributed by atoms with van der Waals surface area (Å²) in [5.41, 5.74) is 3.10. The molecule has 5 heterocycles. The van der Waals surface area contributed by atoms with Crippen LogP contribution in [0.3, 0.4) is 0 Å². The first-order valence-corrected chi connectivity index (χ1v) is 14.3. The first-order chi connectivity index (χ1) is 18.5. The second-order valence-electron chi connectivity index (χ2n) is 10.8. The van der Waals surface area contributed by atoms with Crippen molar-refractivity contribution >= 4 is 50.0 Å². The van der Waals surface area contributed by atoms with E-state index in [1.165, 1.54) is 32.1 Å². The van der Waals surface area contributed by atoms with Gasteiger partial charge in [-0.15, -0.1) is 11.3 Å². The number of aromatic nitrogens is 4. The van der Waals surface area contributed by atoms with E-state index in [9.17, 15) is 9.59 Å². The van der Waals surface area contributed by atoms with E-state index in [-0.39, 0.29) is 6.04 Å². The van der Waals surface area contributed by atoms with Gasteiger partial charge < -0.3 is 15.1 Å². The minimum Gasteiger partial charge on any atom is -0.327 e. The molecule has 0 bridgehead atoms. The maximum Gasteiger partial charge on any atom is 0.314 e. The number of carbonyl (C=O) groups is 2. The van der Waals surface area contributed by atoms with Crippen LogP contribution in [-0.4, -0.2) is 68.0 Å². The average Bonchev–Trinajstić information content (AvgIpc) is 3.68. The predicted octanol–water partition coefficient (Wildman–Crippen LogP) is 4.71. The molecule has 2 saturated heterocycles. The van der Waals surface area contributed by atoms with E-state index in [1.54, 1.807) is 28.6 Å². The Morgan fingerprint density at radius 3 is 2.87 bits per heavy atom. The van der Waals surface area contributed by atoms with Crippen molar-refractivity contribution in [3.63, 3.8) is 0 Å². The molecule has 6 rings (SSSR count). The number of amides is 2. The first-order valence-electron chi connectivity index (χ1n) is 13.5. The maximum atomic E-state index is 13.5. The van der Waals surface area contributed by atoms with Crippen molar-refractivity contribution < 1.29 is 9.59 Å². The summed E-state index contributed by atoms with van der Waals surface area (Å²) < 4.78 is 1.16. The Morgan fingerprint density at radius 1 is 1.18 bits per heavy atom. The molecule has 1 aromatic carbocycles. The maximum absolute atomic E-state index is 13.5. The Bertz CT molecular complexity index is 1470. The molecule has 0 spiro atoms. The summed E-state index contributed by atoms with van der Waals surface area (Å²) in [6.07, 6.45) is 9.21. The lowest BCUT2D eigenvalue weighted by Gasteiger charge is -2.38. The van der Waals surface area contributed by atoms with Gasteiger partial charge in [0.25, 0.3) is 0 Å². The van der Waals surface area contributed by atoms with Crippen molar-refractivity contribution in [2.45, 2.75) is 51.5 Å². The fourth-order valence-corrected chi connectivity index (χ4v) is 6.79. The van der Waals surface area contributed by atoms with Gasteiger partial charge in [0.2, 0.25) is 0 Å². The molecule has 198 valence electrons. The largest absolute Gasteiger partial charge is 0.327 e. The zero-order chi connectivity index (χ0) is 26.2. The van der Waals surface area contributed by atoms with Crippen molar-refractivity contribution in [1.29, 1.82) is 0 Å². The van der Waals surface area contributed by atoms with Crippen LogP contribution in [-0.2, 0) is 9.59 Å². The molecule has 0 saturated carbocycles. The molecule has 2 fully saturated rings. The van der Waals surface area contributed by atoms with E-state index in [4.69, 9.17) is 4.98 Å². The number of likely N-dealkylation sites (tertiary alicyclic amines) is 2. The number of nitrogens with zero attached hydrogens (tertiary/aromatic N) is 5. The summed E-state index contributed by atoms with van der Waals surface area (Å²) in [4.78, 5) is 40.0. The number of piperidine rings is 1. The van der Waals surface area contributed by atoms with Gasteiger partial charge in [0.1, 0.15) is 0 Å². The minimum absolute atomic E-state index is 0.165. The Hall–Kier alpha value is -3.37. The number of benzene rings is 1. The molecule has 0 radical (unpaired) electrons. The number of pyridine rings is 1. The number of rotatable bonds is 5. The average molecular weight is 532 g/mol. The smallest absolute Gasteiger partial charge is 0.314 e. The lowest BCUT2D eigenvalue weighted by atomic mass is 9.89. The Kier molecular flexibility index (Phi) is 6.84. The van der Waals surface area contributed by atoms with Gasteiger partial charge in [-0.2, -0.15) is 5.10 Å². The SMILES string of the molecule is C[C@H]1CC[C@H](c2ccc3sc([C@@H](C)CN4CCCC4)nc3c2)N(C(=O)C(=O)Nc2cncc3cn[nH]c23)C1. The Labute approximate surface area is 225 Å². The van der Waals surface area contributed by atoms with Crippen LogP contribution in [0.25, 0.3) is 21.1 Å². The zero-order valence-corrected chi connectivity index (χ0v) is 22.6. The van der Waals surface area contributed by atoms with Gasteiger partial charge in [0.05, 0.1) is 44.9 Å². The van der Waals surface area contributed by atoms with Crippen molar-refractivity contribution in [3.8, 4) is 0 Å². The third kappa shape index (κ3) is 4.90. The van der Waals surface area contributed by atoms with E-state index in [0.717, 1.165) is 45.6 Å². The van der Waals surface area contributed by atoms with E-state index in [2.05, 4.69) is 57.4 Å². The molecular weight excluding hydrogens is 498 g/mol. The molecule has 4 aromatic rings. The van der Waals surface area contributed by atoms with Gasteiger partial charge in [-0.1, -0.05) is 19.9 Å². The summed E-state index contributed by atoms with van der Waals surface area (Å²) in [6.45, 7) is 8.34. The highest BCUT2D eigenvalue weighted by atomic mass is 32.1. The minimum atomic E-state index is -0.666. The molecule has 38 heavy (non-hydrogen) atoms. The summed E-state index contributed by atoms with van der Waals surface area (Å²) >= 11 is 1.76. The second-order valence-corrected chi connectivity index (χ2v) is 11.9. The number of hydrogen-bond acceptors (Lipinski definition) is 7. The molecule has 3 aromatic heterocycles. The highest BCUT2D eigenvalue weighted by Crippen LogP contribution is 2.36. The quantitative estimate of drug-likeness (QED) is 0.362. The molecule has 9 nitrogen and oxygen atoms in total. The highest BCUT2D eigenvalue weighted by molar-refractivity contribution is 7.18. The fraction of sp³-hybridized carbons (Fsp3) is 0.464. The molecule has 10 heteroatoms. The number of aromatic amines is 1. The van der Waals surface area contributed by atoms with Crippen LogP contribution in [0.2, 0.25) is 0 Å². The molecule has 0 unspecified atom stereocenters. The normalized spacial score (nSPS) is 21.3. The van der Waals surface area contributed by atoms with Gasteiger partial charge >= 0.3 is 11.8 Å².